The maximum atomic E-state index is 12.4. The van der Waals surface area contributed by atoms with E-state index in [1.54, 1.807) is 6.07 Å². The summed E-state index contributed by atoms with van der Waals surface area (Å²) in [5, 5.41) is 0.666. The third-order valence-corrected chi connectivity index (χ3v) is 3.56. The Hall–Kier alpha value is -1.97. The smallest absolute Gasteiger partial charge is 0.192 e. The van der Waals surface area contributed by atoms with Crippen LogP contribution >= 0.6 is 0 Å². The van der Waals surface area contributed by atoms with E-state index in [-0.39, 0.29) is 5.43 Å². The Morgan fingerprint density at radius 3 is 2.58 bits per heavy atom. The average Bonchev–Trinajstić information content (AvgIpc) is 2.65. The SMILES string of the molecule is CCc1[nH]c2cc3c(cc2c(=O)c1C)OCCCO3. The zero-order chi connectivity index (χ0) is 13.4. The monoisotopic (exact) mass is 259 g/mol. The Kier molecular flexibility index (Phi) is 2.93. The molecule has 0 unspecified atom stereocenters. The Labute approximate surface area is 111 Å². The molecule has 0 atom stereocenters. The molecule has 1 aliphatic rings. The second kappa shape index (κ2) is 4.61. The second-order valence-corrected chi connectivity index (χ2v) is 4.81. The number of pyridine rings is 1. The molecular formula is C15H17NO3. The lowest BCUT2D eigenvalue weighted by molar-refractivity contribution is 0.297. The van der Waals surface area contributed by atoms with Crippen LogP contribution in [0.25, 0.3) is 10.9 Å². The number of benzene rings is 1. The molecule has 2 heterocycles. The Morgan fingerprint density at radius 2 is 1.89 bits per heavy atom. The van der Waals surface area contributed by atoms with Crippen molar-refractivity contribution in [3.05, 3.63) is 33.6 Å². The van der Waals surface area contributed by atoms with E-state index >= 15 is 0 Å². The highest BCUT2D eigenvalue weighted by atomic mass is 16.5. The van der Waals surface area contributed by atoms with Gasteiger partial charge in [-0.3, -0.25) is 4.79 Å². The Bertz CT molecular complexity index is 688. The molecule has 0 aliphatic carbocycles. The van der Waals surface area contributed by atoms with Crippen LogP contribution in [-0.2, 0) is 6.42 Å². The van der Waals surface area contributed by atoms with Crippen molar-refractivity contribution in [2.24, 2.45) is 0 Å². The summed E-state index contributed by atoms with van der Waals surface area (Å²) >= 11 is 0. The standard InChI is InChI=1S/C15H17NO3/c1-3-11-9(2)15(17)10-7-13-14(8-12(10)16-11)19-6-4-5-18-13/h7-8H,3-6H2,1-2H3,(H,16,17). The van der Waals surface area contributed by atoms with E-state index in [2.05, 4.69) is 4.98 Å². The molecule has 100 valence electrons. The zero-order valence-corrected chi connectivity index (χ0v) is 11.2. The Morgan fingerprint density at radius 1 is 1.21 bits per heavy atom. The Balaban J connectivity index is 2.29. The number of aryl methyl sites for hydroxylation is 1. The van der Waals surface area contributed by atoms with Gasteiger partial charge in [0.05, 0.1) is 18.7 Å². The predicted octanol–water partition coefficient (Wildman–Crippen LogP) is 2.56. The summed E-state index contributed by atoms with van der Waals surface area (Å²) in [5.74, 6) is 1.38. The largest absolute Gasteiger partial charge is 0.490 e. The predicted molar refractivity (Wildman–Crippen MR) is 74.3 cm³/mol. The van der Waals surface area contributed by atoms with Crippen molar-refractivity contribution in [3.63, 3.8) is 0 Å². The van der Waals surface area contributed by atoms with Gasteiger partial charge in [0.25, 0.3) is 0 Å². The molecule has 0 saturated carbocycles. The van der Waals surface area contributed by atoms with Crippen molar-refractivity contribution in [2.45, 2.75) is 26.7 Å². The molecule has 1 aromatic heterocycles. The molecule has 4 heteroatoms. The lowest BCUT2D eigenvalue weighted by atomic mass is 10.1. The number of fused-ring (bicyclic) bond motifs is 2. The van der Waals surface area contributed by atoms with Gasteiger partial charge in [-0.25, -0.2) is 0 Å². The van der Waals surface area contributed by atoms with Gasteiger partial charge in [-0.1, -0.05) is 6.92 Å². The van der Waals surface area contributed by atoms with Crippen LogP contribution in [-0.4, -0.2) is 18.2 Å². The first-order chi connectivity index (χ1) is 9.20. The van der Waals surface area contributed by atoms with Crippen LogP contribution in [0.4, 0.5) is 0 Å². The molecule has 0 bridgehead atoms. The molecule has 1 aliphatic heterocycles. The number of hydrogen-bond acceptors (Lipinski definition) is 3. The molecule has 1 N–H and O–H groups in total. The molecule has 4 nitrogen and oxygen atoms in total. The minimum Gasteiger partial charge on any atom is -0.490 e. The number of aromatic amines is 1. The zero-order valence-electron chi connectivity index (χ0n) is 11.2. The molecule has 0 fully saturated rings. The molecule has 0 amide bonds. The topological polar surface area (TPSA) is 51.3 Å². The van der Waals surface area contributed by atoms with Crippen molar-refractivity contribution in [1.29, 1.82) is 0 Å². The lowest BCUT2D eigenvalue weighted by Gasteiger charge is -2.11. The van der Waals surface area contributed by atoms with Gasteiger partial charge in [0.2, 0.25) is 0 Å². The normalized spacial score (nSPS) is 14.4. The molecule has 0 radical (unpaired) electrons. The quantitative estimate of drug-likeness (QED) is 0.856. The van der Waals surface area contributed by atoms with Crippen molar-refractivity contribution in [3.8, 4) is 11.5 Å². The average molecular weight is 259 g/mol. The van der Waals surface area contributed by atoms with Crippen LogP contribution in [0.2, 0.25) is 0 Å². The van der Waals surface area contributed by atoms with E-state index < -0.39 is 0 Å². The van der Waals surface area contributed by atoms with Gasteiger partial charge in [-0.05, 0) is 19.4 Å². The highest BCUT2D eigenvalue weighted by molar-refractivity contribution is 5.83. The van der Waals surface area contributed by atoms with Gasteiger partial charge in [0.15, 0.2) is 16.9 Å². The van der Waals surface area contributed by atoms with Gasteiger partial charge in [-0.15, -0.1) is 0 Å². The highest BCUT2D eigenvalue weighted by Crippen LogP contribution is 2.32. The van der Waals surface area contributed by atoms with E-state index in [0.29, 0.717) is 30.1 Å². The number of H-pyrrole nitrogens is 1. The van der Waals surface area contributed by atoms with E-state index in [4.69, 9.17) is 9.47 Å². The van der Waals surface area contributed by atoms with Crippen LogP contribution in [0.15, 0.2) is 16.9 Å². The van der Waals surface area contributed by atoms with Gasteiger partial charge >= 0.3 is 0 Å². The van der Waals surface area contributed by atoms with Crippen LogP contribution in [0.3, 0.4) is 0 Å². The van der Waals surface area contributed by atoms with Crippen molar-refractivity contribution < 1.29 is 9.47 Å². The summed E-state index contributed by atoms with van der Waals surface area (Å²) in [7, 11) is 0. The van der Waals surface area contributed by atoms with Gasteiger partial charge in [0.1, 0.15) is 0 Å². The van der Waals surface area contributed by atoms with Gasteiger partial charge in [-0.2, -0.15) is 0 Å². The lowest BCUT2D eigenvalue weighted by Crippen LogP contribution is -2.11. The first kappa shape index (κ1) is 12.1. The summed E-state index contributed by atoms with van der Waals surface area (Å²) in [4.78, 5) is 15.7. The molecular weight excluding hydrogens is 242 g/mol. The van der Waals surface area contributed by atoms with E-state index in [0.717, 1.165) is 29.6 Å². The van der Waals surface area contributed by atoms with Crippen LogP contribution in [0.5, 0.6) is 11.5 Å². The maximum absolute atomic E-state index is 12.4. The van der Waals surface area contributed by atoms with E-state index in [9.17, 15) is 4.79 Å². The van der Waals surface area contributed by atoms with Gasteiger partial charge in [0, 0.05) is 29.1 Å². The number of nitrogens with one attached hydrogen (secondary N) is 1. The molecule has 19 heavy (non-hydrogen) atoms. The third kappa shape index (κ3) is 1.97. The number of hydrogen-bond donors (Lipinski definition) is 1. The summed E-state index contributed by atoms with van der Waals surface area (Å²) in [5.41, 5.74) is 2.65. The fraction of sp³-hybridized carbons (Fsp3) is 0.400. The molecule has 2 aromatic rings. The summed E-state index contributed by atoms with van der Waals surface area (Å²) in [6.07, 6.45) is 1.67. The molecule has 0 spiro atoms. The molecule has 0 saturated heterocycles. The maximum Gasteiger partial charge on any atom is 0.192 e. The van der Waals surface area contributed by atoms with Gasteiger partial charge < -0.3 is 14.5 Å². The highest BCUT2D eigenvalue weighted by Gasteiger charge is 2.15. The fourth-order valence-corrected chi connectivity index (χ4v) is 2.45. The van der Waals surface area contributed by atoms with Crippen molar-refractivity contribution in [1.82, 2.24) is 4.98 Å². The van der Waals surface area contributed by atoms with Crippen LogP contribution < -0.4 is 14.9 Å². The van der Waals surface area contributed by atoms with E-state index in [1.165, 1.54) is 0 Å². The third-order valence-electron chi connectivity index (χ3n) is 3.56. The van der Waals surface area contributed by atoms with Crippen molar-refractivity contribution >= 4 is 10.9 Å². The van der Waals surface area contributed by atoms with Crippen molar-refractivity contribution in [2.75, 3.05) is 13.2 Å². The summed E-state index contributed by atoms with van der Waals surface area (Å²) < 4.78 is 11.3. The summed E-state index contributed by atoms with van der Waals surface area (Å²) in [6, 6.07) is 3.66. The van der Waals surface area contributed by atoms with E-state index in [1.807, 2.05) is 19.9 Å². The molecule has 3 rings (SSSR count). The fourth-order valence-electron chi connectivity index (χ4n) is 2.45. The van der Waals surface area contributed by atoms with Crippen LogP contribution in [0.1, 0.15) is 24.6 Å². The summed E-state index contributed by atoms with van der Waals surface area (Å²) in [6.45, 7) is 5.17. The van der Waals surface area contributed by atoms with Crippen LogP contribution in [0, 0.1) is 6.92 Å². The first-order valence-corrected chi connectivity index (χ1v) is 6.66. The number of rotatable bonds is 1. The first-order valence-electron chi connectivity index (χ1n) is 6.66. The minimum absolute atomic E-state index is 0.0706. The number of aromatic nitrogens is 1. The number of ether oxygens (including phenoxy) is 2. The minimum atomic E-state index is 0.0706. The molecule has 1 aromatic carbocycles. The second-order valence-electron chi connectivity index (χ2n) is 4.81.